The number of likely N-dealkylation sites (tertiary alicyclic amines) is 1. The quantitative estimate of drug-likeness (QED) is 0.702. The number of fused-ring (bicyclic) bond motifs is 1. The van der Waals surface area contributed by atoms with Crippen LogP contribution in [0.15, 0.2) is 35.8 Å². The Labute approximate surface area is 141 Å². The summed E-state index contributed by atoms with van der Waals surface area (Å²) < 4.78 is 0. The SMILES string of the molecule is Cc1ccsc1Nc1ccc2[nH]cc(C3CCN(C)CC3)c2c1. The van der Waals surface area contributed by atoms with E-state index in [1.807, 2.05) is 0 Å². The third kappa shape index (κ3) is 2.89. The lowest BCUT2D eigenvalue weighted by Gasteiger charge is -2.28. The number of hydrogen-bond donors (Lipinski definition) is 2. The zero-order chi connectivity index (χ0) is 15.8. The number of aromatic nitrogens is 1. The van der Waals surface area contributed by atoms with Gasteiger partial charge >= 0.3 is 0 Å². The number of nitrogens with one attached hydrogen (secondary N) is 2. The fourth-order valence-electron chi connectivity index (χ4n) is 3.51. The van der Waals surface area contributed by atoms with Crippen molar-refractivity contribution in [1.29, 1.82) is 0 Å². The number of benzene rings is 1. The van der Waals surface area contributed by atoms with Gasteiger partial charge in [0.15, 0.2) is 0 Å². The molecule has 1 aliphatic heterocycles. The lowest BCUT2D eigenvalue weighted by molar-refractivity contribution is 0.256. The van der Waals surface area contributed by atoms with Crippen LogP contribution < -0.4 is 5.32 Å². The van der Waals surface area contributed by atoms with Gasteiger partial charge in [-0.2, -0.15) is 0 Å². The third-order valence-corrected chi connectivity index (χ3v) is 5.92. The average Bonchev–Trinajstić information content (AvgIpc) is 3.15. The first-order valence-corrected chi connectivity index (χ1v) is 9.19. The molecule has 3 aromatic rings. The molecule has 1 saturated heterocycles. The predicted octanol–water partition coefficient (Wildman–Crippen LogP) is 5.09. The van der Waals surface area contributed by atoms with E-state index in [1.165, 1.54) is 58.6 Å². The maximum atomic E-state index is 3.57. The lowest BCUT2D eigenvalue weighted by atomic mass is 9.89. The van der Waals surface area contributed by atoms with Crippen molar-refractivity contribution in [2.45, 2.75) is 25.7 Å². The molecule has 4 rings (SSSR count). The van der Waals surface area contributed by atoms with Gasteiger partial charge in [0.1, 0.15) is 0 Å². The van der Waals surface area contributed by atoms with Crippen molar-refractivity contribution in [2.24, 2.45) is 0 Å². The largest absolute Gasteiger partial charge is 0.361 e. The van der Waals surface area contributed by atoms with Crippen LogP contribution in [0.1, 0.15) is 29.9 Å². The summed E-state index contributed by atoms with van der Waals surface area (Å²) in [6, 6.07) is 8.82. The minimum absolute atomic E-state index is 0.679. The van der Waals surface area contributed by atoms with Crippen LogP contribution in [-0.2, 0) is 0 Å². The number of aromatic amines is 1. The molecule has 3 heterocycles. The summed E-state index contributed by atoms with van der Waals surface area (Å²) in [4.78, 5) is 5.88. The average molecular weight is 325 g/mol. The van der Waals surface area contributed by atoms with Gasteiger partial charge in [0.2, 0.25) is 0 Å². The maximum absolute atomic E-state index is 3.57. The number of nitrogens with zero attached hydrogens (tertiary/aromatic N) is 1. The molecule has 0 bridgehead atoms. The van der Waals surface area contributed by atoms with Crippen LogP contribution in [0.25, 0.3) is 10.9 Å². The molecular weight excluding hydrogens is 302 g/mol. The number of hydrogen-bond acceptors (Lipinski definition) is 3. The first kappa shape index (κ1) is 14.8. The number of aryl methyl sites for hydroxylation is 1. The second kappa shape index (κ2) is 6.02. The van der Waals surface area contributed by atoms with E-state index in [4.69, 9.17) is 0 Å². The van der Waals surface area contributed by atoms with Gasteiger partial charge < -0.3 is 15.2 Å². The van der Waals surface area contributed by atoms with E-state index in [0.717, 1.165) is 0 Å². The Kier molecular flexibility index (Phi) is 3.87. The topological polar surface area (TPSA) is 31.1 Å². The molecule has 120 valence electrons. The fourth-order valence-corrected chi connectivity index (χ4v) is 4.35. The molecule has 0 spiro atoms. The first-order chi connectivity index (χ1) is 11.2. The van der Waals surface area contributed by atoms with Crippen molar-refractivity contribution < 1.29 is 0 Å². The van der Waals surface area contributed by atoms with Crippen LogP contribution in [0.3, 0.4) is 0 Å². The minimum Gasteiger partial charge on any atom is -0.361 e. The third-order valence-electron chi connectivity index (χ3n) is 4.99. The summed E-state index contributed by atoms with van der Waals surface area (Å²) >= 11 is 1.76. The van der Waals surface area contributed by atoms with Crippen LogP contribution in [-0.4, -0.2) is 30.0 Å². The van der Waals surface area contributed by atoms with Crippen molar-refractivity contribution >= 4 is 32.9 Å². The molecule has 1 aromatic carbocycles. The Morgan fingerprint density at radius 2 is 2.04 bits per heavy atom. The van der Waals surface area contributed by atoms with Crippen LogP contribution in [0.4, 0.5) is 10.7 Å². The molecule has 1 aliphatic rings. The normalized spacial score (nSPS) is 17.0. The number of anilines is 2. The highest BCUT2D eigenvalue weighted by atomic mass is 32.1. The van der Waals surface area contributed by atoms with Crippen LogP contribution in [0.5, 0.6) is 0 Å². The Morgan fingerprint density at radius 3 is 2.78 bits per heavy atom. The Balaban J connectivity index is 1.65. The first-order valence-electron chi connectivity index (χ1n) is 8.31. The highest BCUT2D eigenvalue weighted by molar-refractivity contribution is 7.14. The van der Waals surface area contributed by atoms with Gasteiger partial charge in [0, 0.05) is 22.8 Å². The second-order valence-corrected chi connectivity index (χ2v) is 7.56. The van der Waals surface area contributed by atoms with Crippen molar-refractivity contribution in [1.82, 2.24) is 9.88 Å². The summed E-state index contributed by atoms with van der Waals surface area (Å²) in [6.07, 6.45) is 4.73. The van der Waals surface area contributed by atoms with E-state index >= 15 is 0 Å². The monoisotopic (exact) mass is 325 g/mol. The fraction of sp³-hybridized carbons (Fsp3) is 0.368. The Hall–Kier alpha value is -1.78. The van der Waals surface area contributed by atoms with Gasteiger partial charge in [-0.25, -0.2) is 0 Å². The lowest BCUT2D eigenvalue weighted by Crippen LogP contribution is -2.29. The zero-order valence-corrected chi connectivity index (χ0v) is 14.5. The molecule has 0 saturated carbocycles. The number of thiophene rings is 1. The molecule has 0 atom stereocenters. The molecule has 2 N–H and O–H groups in total. The van der Waals surface area contributed by atoms with E-state index < -0.39 is 0 Å². The van der Waals surface area contributed by atoms with E-state index in [-0.39, 0.29) is 0 Å². The van der Waals surface area contributed by atoms with Crippen molar-refractivity contribution in [3.8, 4) is 0 Å². The maximum Gasteiger partial charge on any atom is 0.0956 e. The molecular formula is C19H23N3S. The summed E-state index contributed by atoms with van der Waals surface area (Å²) in [5, 5.41) is 8.31. The van der Waals surface area contributed by atoms with Gasteiger partial charge in [0.05, 0.1) is 5.00 Å². The smallest absolute Gasteiger partial charge is 0.0956 e. The molecule has 3 nitrogen and oxygen atoms in total. The number of piperidine rings is 1. The van der Waals surface area contributed by atoms with Gasteiger partial charge in [-0.3, -0.25) is 0 Å². The second-order valence-electron chi connectivity index (χ2n) is 6.64. The Morgan fingerprint density at radius 1 is 1.22 bits per heavy atom. The predicted molar refractivity (Wildman–Crippen MR) is 100 cm³/mol. The summed E-state index contributed by atoms with van der Waals surface area (Å²) in [6.45, 7) is 4.55. The zero-order valence-electron chi connectivity index (χ0n) is 13.7. The summed E-state index contributed by atoms with van der Waals surface area (Å²) in [7, 11) is 2.22. The van der Waals surface area contributed by atoms with Crippen molar-refractivity contribution in [3.05, 3.63) is 47.0 Å². The Bertz CT molecular complexity index is 809. The van der Waals surface area contributed by atoms with E-state index in [1.54, 1.807) is 11.3 Å². The minimum atomic E-state index is 0.679. The van der Waals surface area contributed by atoms with E-state index in [0.29, 0.717) is 5.92 Å². The highest BCUT2D eigenvalue weighted by Crippen LogP contribution is 2.35. The van der Waals surface area contributed by atoms with Crippen LogP contribution >= 0.6 is 11.3 Å². The standard InChI is InChI=1S/C19H23N3S/c1-13-7-10-23-19(13)21-15-3-4-18-16(11-15)17(12-20-18)14-5-8-22(2)9-6-14/h3-4,7,10-12,14,20-21H,5-6,8-9H2,1-2H3. The van der Waals surface area contributed by atoms with Gasteiger partial charge in [0.25, 0.3) is 0 Å². The van der Waals surface area contributed by atoms with Gasteiger partial charge in [-0.05, 0) is 86.6 Å². The number of rotatable bonds is 3. The van der Waals surface area contributed by atoms with Gasteiger partial charge in [-0.15, -0.1) is 11.3 Å². The molecule has 0 amide bonds. The number of H-pyrrole nitrogens is 1. The molecule has 4 heteroatoms. The van der Waals surface area contributed by atoms with E-state index in [9.17, 15) is 0 Å². The summed E-state index contributed by atoms with van der Waals surface area (Å²) in [5.74, 6) is 0.679. The van der Waals surface area contributed by atoms with Crippen molar-refractivity contribution in [3.63, 3.8) is 0 Å². The van der Waals surface area contributed by atoms with Gasteiger partial charge in [-0.1, -0.05) is 0 Å². The van der Waals surface area contributed by atoms with Crippen molar-refractivity contribution in [2.75, 3.05) is 25.5 Å². The summed E-state index contributed by atoms with van der Waals surface area (Å²) in [5.41, 5.74) is 5.21. The molecule has 0 aliphatic carbocycles. The molecule has 0 radical (unpaired) electrons. The highest BCUT2D eigenvalue weighted by Gasteiger charge is 2.21. The molecule has 1 fully saturated rings. The molecule has 23 heavy (non-hydrogen) atoms. The molecule has 0 unspecified atom stereocenters. The van der Waals surface area contributed by atoms with Crippen LogP contribution in [0.2, 0.25) is 0 Å². The molecule has 2 aromatic heterocycles. The van der Waals surface area contributed by atoms with Crippen LogP contribution in [0, 0.1) is 6.92 Å². The van der Waals surface area contributed by atoms with E-state index in [2.05, 4.69) is 65.0 Å².